The maximum Gasteiger partial charge on any atom is 0.0343 e. The van der Waals surface area contributed by atoms with Gasteiger partial charge in [-0.05, 0) is 48.6 Å². The van der Waals surface area contributed by atoms with Crippen LogP contribution in [0.15, 0.2) is 24.5 Å². The standard InChI is InChI=1S/C16H24N2/c1-4-5-6-18-11-14(3)8-16(12-18)15-7-13(2)9-17-10-15/h7-10,14H,4-6,11-12H2,1-3H3/t14-/m0/s1. The van der Waals surface area contributed by atoms with Crippen molar-refractivity contribution in [1.82, 2.24) is 9.88 Å². The first-order valence-electron chi connectivity index (χ1n) is 7.04. The Morgan fingerprint density at radius 2 is 2.22 bits per heavy atom. The van der Waals surface area contributed by atoms with Crippen LogP contribution >= 0.6 is 0 Å². The lowest BCUT2D eigenvalue weighted by atomic mass is 9.96. The number of aromatic nitrogens is 1. The maximum atomic E-state index is 4.31. The second-order valence-electron chi connectivity index (χ2n) is 5.51. The summed E-state index contributed by atoms with van der Waals surface area (Å²) >= 11 is 0. The van der Waals surface area contributed by atoms with Crippen LogP contribution in [0.2, 0.25) is 0 Å². The van der Waals surface area contributed by atoms with E-state index in [0.717, 1.165) is 6.54 Å². The van der Waals surface area contributed by atoms with Crippen molar-refractivity contribution in [2.24, 2.45) is 5.92 Å². The van der Waals surface area contributed by atoms with Crippen molar-refractivity contribution in [3.8, 4) is 0 Å². The summed E-state index contributed by atoms with van der Waals surface area (Å²) in [7, 11) is 0. The van der Waals surface area contributed by atoms with Crippen LogP contribution in [0.1, 0.15) is 37.8 Å². The van der Waals surface area contributed by atoms with Gasteiger partial charge in [-0.1, -0.05) is 26.3 Å². The van der Waals surface area contributed by atoms with Crippen molar-refractivity contribution in [2.45, 2.75) is 33.6 Å². The van der Waals surface area contributed by atoms with E-state index < -0.39 is 0 Å². The molecule has 2 rings (SSSR count). The highest BCUT2D eigenvalue weighted by Gasteiger charge is 2.18. The van der Waals surface area contributed by atoms with Crippen molar-refractivity contribution in [3.63, 3.8) is 0 Å². The van der Waals surface area contributed by atoms with Crippen LogP contribution in [0.5, 0.6) is 0 Å². The molecule has 1 atom stereocenters. The van der Waals surface area contributed by atoms with Gasteiger partial charge in [-0.3, -0.25) is 9.88 Å². The molecule has 18 heavy (non-hydrogen) atoms. The van der Waals surface area contributed by atoms with Gasteiger partial charge in [-0.25, -0.2) is 0 Å². The van der Waals surface area contributed by atoms with Gasteiger partial charge in [-0.2, -0.15) is 0 Å². The fraction of sp³-hybridized carbons (Fsp3) is 0.562. The second-order valence-corrected chi connectivity index (χ2v) is 5.51. The van der Waals surface area contributed by atoms with Gasteiger partial charge in [0.05, 0.1) is 0 Å². The molecular weight excluding hydrogens is 220 g/mol. The molecular formula is C16H24N2. The largest absolute Gasteiger partial charge is 0.298 e. The Morgan fingerprint density at radius 1 is 1.39 bits per heavy atom. The van der Waals surface area contributed by atoms with Crippen molar-refractivity contribution in [1.29, 1.82) is 0 Å². The smallest absolute Gasteiger partial charge is 0.0343 e. The summed E-state index contributed by atoms with van der Waals surface area (Å²) in [6.07, 6.45) is 8.90. The highest BCUT2D eigenvalue weighted by molar-refractivity contribution is 5.67. The molecule has 0 N–H and O–H groups in total. The number of hydrogen-bond acceptors (Lipinski definition) is 2. The normalized spacial score (nSPS) is 20.8. The van der Waals surface area contributed by atoms with Gasteiger partial charge in [0, 0.05) is 25.5 Å². The molecule has 1 aliphatic rings. The summed E-state index contributed by atoms with van der Waals surface area (Å²) in [6.45, 7) is 10.2. The van der Waals surface area contributed by atoms with Crippen molar-refractivity contribution in [3.05, 3.63) is 35.7 Å². The van der Waals surface area contributed by atoms with Crippen LogP contribution < -0.4 is 0 Å². The van der Waals surface area contributed by atoms with E-state index in [-0.39, 0.29) is 0 Å². The molecule has 0 saturated heterocycles. The lowest BCUT2D eigenvalue weighted by Crippen LogP contribution is -2.34. The first kappa shape index (κ1) is 13.3. The van der Waals surface area contributed by atoms with E-state index in [1.807, 2.05) is 12.4 Å². The summed E-state index contributed by atoms with van der Waals surface area (Å²) in [5.41, 5.74) is 3.98. The van der Waals surface area contributed by atoms with Gasteiger partial charge in [-0.15, -0.1) is 0 Å². The molecule has 0 amide bonds. The summed E-state index contributed by atoms with van der Waals surface area (Å²) in [4.78, 5) is 6.89. The van der Waals surface area contributed by atoms with E-state index in [9.17, 15) is 0 Å². The van der Waals surface area contributed by atoms with Crippen LogP contribution in [0, 0.1) is 12.8 Å². The Hall–Kier alpha value is -1.15. The third-order valence-electron chi connectivity index (χ3n) is 3.50. The quantitative estimate of drug-likeness (QED) is 0.805. The van der Waals surface area contributed by atoms with Crippen LogP contribution in [-0.2, 0) is 0 Å². The van der Waals surface area contributed by atoms with E-state index in [4.69, 9.17) is 0 Å². The molecule has 2 heteroatoms. The number of aryl methyl sites for hydroxylation is 1. The molecule has 1 aromatic rings. The highest BCUT2D eigenvalue weighted by atomic mass is 15.1. The summed E-state index contributed by atoms with van der Waals surface area (Å²) in [5, 5.41) is 0. The summed E-state index contributed by atoms with van der Waals surface area (Å²) in [5.74, 6) is 0.645. The molecule has 0 aromatic carbocycles. The van der Waals surface area contributed by atoms with E-state index in [1.54, 1.807) is 0 Å². The fourth-order valence-corrected chi connectivity index (χ4v) is 2.63. The lowest BCUT2D eigenvalue weighted by molar-refractivity contribution is 0.268. The van der Waals surface area contributed by atoms with Crippen molar-refractivity contribution < 1.29 is 0 Å². The van der Waals surface area contributed by atoms with E-state index in [1.165, 1.54) is 42.6 Å². The van der Waals surface area contributed by atoms with Gasteiger partial charge in [0.1, 0.15) is 0 Å². The molecule has 0 aliphatic carbocycles. The molecule has 1 aromatic heterocycles. The van der Waals surface area contributed by atoms with Crippen LogP contribution in [0.4, 0.5) is 0 Å². The topological polar surface area (TPSA) is 16.1 Å². The van der Waals surface area contributed by atoms with E-state index >= 15 is 0 Å². The molecule has 1 aliphatic heterocycles. The maximum absolute atomic E-state index is 4.31. The van der Waals surface area contributed by atoms with Crippen molar-refractivity contribution >= 4 is 5.57 Å². The zero-order valence-corrected chi connectivity index (χ0v) is 11.8. The van der Waals surface area contributed by atoms with Crippen LogP contribution in [-0.4, -0.2) is 29.5 Å². The Bertz CT molecular complexity index is 423. The van der Waals surface area contributed by atoms with Crippen LogP contribution in [0.25, 0.3) is 5.57 Å². The Labute approximate surface area is 111 Å². The minimum atomic E-state index is 0.645. The van der Waals surface area contributed by atoms with Gasteiger partial charge in [0.15, 0.2) is 0 Å². The molecule has 0 fully saturated rings. The molecule has 98 valence electrons. The van der Waals surface area contributed by atoms with Crippen molar-refractivity contribution in [2.75, 3.05) is 19.6 Å². The number of pyridine rings is 1. The minimum absolute atomic E-state index is 0.645. The molecule has 0 radical (unpaired) electrons. The minimum Gasteiger partial charge on any atom is -0.298 e. The first-order chi connectivity index (χ1) is 8.69. The average Bonchev–Trinajstić information content (AvgIpc) is 2.36. The zero-order valence-electron chi connectivity index (χ0n) is 11.8. The predicted molar refractivity (Wildman–Crippen MR) is 77.5 cm³/mol. The number of rotatable bonds is 4. The molecule has 0 spiro atoms. The Kier molecular flexibility index (Phi) is 4.54. The number of nitrogens with zero attached hydrogens (tertiary/aromatic N) is 2. The molecule has 2 nitrogen and oxygen atoms in total. The highest BCUT2D eigenvalue weighted by Crippen LogP contribution is 2.23. The number of hydrogen-bond donors (Lipinski definition) is 0. The molecule has 0 saturated carbocycles. The van der Waals surface area contributed by atoms with E-state index in [0.29, 0.717) is 5.92 Å². The third-order valence-corrected chi connectivity index (χ3v) is 3.50. The predicted octanol–water partition coefficient (Wildman–Crippen LogP) is 3.53. The SMILES string of the molecule is CCCCN1CC(c2cncc(C)c2)=C[C@H](C)C1. The average molecular weight is 244 g/mol. The molecule has 0 bridgehead atoms. The monoisotopic (exact) mass is 244 g/mol. The Balaban J connectivity index is 2.12. The Morgan fingerprint density at radius 3 is 2.94 bits per heavy atom. The fourth-order valence-electron chi connectivity index (χ4n) is 2.63. The van der Waals surface area contributed by atoms with Gasteiger partial charge in [0.25, 0.3) is 0 Å². The third kappa shape index (κ3) is 3.42. The van der Waals surface area contributed by atoms with Gasteiger partial charge >= 0.3 is 0 Å². The lowest BCUT2D eigenvalue weighted by Gasteiger charge is -2.30. The van der Waals surface area contributed by atoms with Gasteiger partial charge < -0.3 is 0 Å². The summed E-state index contributed by atoms with van der Waals surface area (Å²) < 4.78 is 0. The second kappa shape index (κ2) is 6.14. The summed E-state index contributed by atoms with van der Waals surface area (Å²) in [6, 6.07) is 2.24. The van der Waals surface area contributed by atoms with E-state index in [2.05, 4.69) is 42.8 Å². The zero-order chi connectivity index (χ0) is 13.0. The van der Waals surface area contributed by atoms with Crippen LogP contribution in [0.3, 0.4) is 0 Å². The molecule has 0 unspecified atom stereocenters. The molecule has 2 heterocycles. The number of unbranched alkanes of at least 4 members (excludes halogenated alkanes) is 1. The van der Waals surface area contributed by atoms with Gasteiger partial charge in [0.2, 0.25) is 0 Å². The first-order valence-corrected chi connectivity index (χ1v) is 7.04.